The molecule has 1 aliphatic heterocycles. The Morgan fingerprint density at radius 3 is 2.15 bits per heavy atom. The highest BCUT2D eigenvalue weighted by molar-refractivity contribution is 6.01. The minimum atomic E-state index is -0.815. The second kappa shape index (κ2) is 16.0. The van der Waals surface area contributed by atoms with Crippen molar-refractivity contribution >= 4 is 22.6 Å². The molecule has 4 aromatic rings. The third-order valence-electron chi connectivity index (χ3n) is 8.08. The van der Waals surface area contributed by atoms with E-state index in [1.54, 1.807) is 27.2 Å². The van der Waals surface area contributed by atoms with Gasteiger partial charge in [0.25, 0.3) is 5.91 Å². The Kier molecular flexibility index (Phi) is 11.9. The molecule has 3 N–H and O–H groups in total. The molecule has 8 nitrogen and oxygen atoms in total. The SMILES string of the molecule is COc1cc(OC2CCN(CCF)CC2)cc(OC)c1-c1cccc2c(CCC(=O)O)cccc12.Cc1cccc(F)c1C(N)=O. The van der Waals surface area contributed by atoms with Crippen LogP contribution in [0.3, 0.4) is 0 Å². The van der Waals surface area contributed by atoms with Crippen LogP contribution in [0.25, 0.3) is 21.9 Å². The number of hydrogen-bond donors (Lipinski definition) is 2. The maximum Gasteiger partial charge on any atom is 0.303 e. The van der Waals surface area contributed by atoms with Crippen molar-refractivity contribution in [2.75, 3.05) is 40.5 Å². The number of fused-ring (bicyclic) bond motifs is 1. The van der Waals surface area contributed by atoms with Crippen molar-refractivity contribution in [2.24, 2.45) is 5.73 Å². The Morgan fingerprint density at radius 2 is 1.59 bits per heavy atom. The van der Waals surface area contributed by atoms with Crippen molar-refractivity contribution < 1.29 is 37.7 Å². The lowest BCUT2D eigenvalue weighted by Gasteiger charge is -2.31. The molecular formula is C36H40F2N2O6. The highest BCUT2D eigenvalue weighted by atomic mass is 19.1. The van der Waals surface area contributed by atoms with Crippen molar-refractivity contribution in [1.29, 1.82) is 0 Å². The first-order valence-electron chi connectivity index (χ1n) is 15.2. The van der Waals surface area contributed by atoms with Crippen LogP contribution in [0.15, 0.2) is 66.7 Å². The van der Waals surface area contributed by atoms with Gasteiger partial charge in [0.1, 0.15) is 35.8 Å². The van der Waals surface area contributed by atoms with Crippen LogP contribution in [0.4, 0.5) is 8.78 Å². The van der Waals surface area contributed by atoms with E-state index in [0.717, 1.165) is 53.4 Å². The molecule has 1 aliphatic rings. The molecule has 0 bridgehead atoms. The summed E-state index contributed by atoms with van der Waals surface area (Å²) in [5.41, 5.74) is 8.24. The molecule has 46 heavy (non-hydrogen) atoms. The van der Waals surface area contributed by atoms with Crippen molar-refractivity contribution in [1.82, 2.24) is 4.90 Å². The van der Waals surface area contributed by atoms with Crippen LogP contribution in [-0.2, 0) is 11.2 Å². The minimum Gasteiger partial charge on any atom is -0.496 e. The molecule has 1 heterocycles. The number of hydrogen-bond acceptors (Lipinski definition) is 6. The summed E-state index contributed by atoms with van der Waals surface area (Å²) in [5, 5.41) is 11.1. The van der Waals surface area contributed by atoms with Crippen LogP contribution in [0, 0.1) is 12.7 Å². The number of halogens is 2. The topological polar surface area (TPSA) is 111 Å². The summed E-state index contributed by atoms with van der Waals surface area (Å²) in [6, 6.07) is 20.1. The molecule has 0 aliphatic carbocycles. The number of benzene rings is 4. The molecule has 0 atom stereocenters. The molecule has 244 valence electrons. The largest absolute Gasteiger partial charge is 0.496 e. The van der Waals surface area contributed by atoms with Gasteiger partial charge < -0.3 is 30.0 Å². The fraction of sp³-hybridized carbons (Fsp3) is 0.333. The number of carbonyl (C=O) groups is 2. The molecular weight excluding hydrogens is 594 g/mol. The number of carbonyl (C=O) groups excluding carboxylic acids is 1. The normalized spacial score (nSPS) is 13.5. The Bertz CT molecular complexity index is 1620. The molecule has 4 aromatic carbocycles. The first-order valence-corrected chi connectivity index (χ1v) is 15.2. The molecule has 0 spiro atoms. The fourth-order valence-corrected chi connectivity index (χ4v) is 5.78. The van der Waals surface area contributed by atoms with Crippen molar-refractivity contribution in [2.45, 2.75) is 38.7 Å². The van der Waals surface area contributed by atoms with Gasteiger partial charge in [-0.3, -0.25) is 9.59 Å². The quantitative estimate of drug-likeness (QED) is 0.192. The standard InChI is InChI=1S/C28H32FNO5.C8H8FNO/c1-33-25-17-21(35-20-11-14-30(15-12-20)16-13-29)18-26(34-2)28(25)24-8-4-6-22-19(9-10-27(31)32)5-3-7-23(22)24;1-5-3-2-4-6(9)7(5)8(10)11/h3-8,17-18,20H,9-16H2,1-2H3,(H,31,32);2-4H,1H3,(H2,10,11). The van der Waals surface area contributed by atoms with Crippen molar-refractivity contribution in [3.05, 3.63) is 89.2 Å². The van der Waals surface area contributed by atoms with Crippen molar-refractivity contribution in [3.8, 4) is 28.4 Å². The number of carboxylic acids is 1. The number of piperidine rings is 1. The van der Waals surface area contributed by atoms with E-state index < -0.39 is 17.7 Å². The molecule has 0 aromatic heterocycles. The molecule has 0 radical (unpaired) electrons. The molecule has 1 saturated heterocycles. The van der Waals surface area contributed by atoms with Gasteiger partial charge in [-0.1, -0.05) is 48.5 Å². The minimum absolute atomic E-state index is 0.0208. The molecule has 1 amide bonds. The van der Waals surface area contributed by atoms with E-state index >= 15 is 0 Å². The molecule has 0 unspecified atom stereocenters. The zero-order chi connectivity index (χ0) is 33.2. The number of nitrogens with zero attached hydrogens (tertiary/aromatic N) is 1. The number of methoxy groups -OCH3 is 2. The van der Waals surface area contributed by atoms with Gasteiger partial charge in [-0.15, -0.1) is 0 Å². The van der Waals surface area contributed by atoms with Gasteiger partial charge in [0, 0.05) is 38.2 Å². The summed E-state index contributed by atoms with van der Waals surface area (Å²) in [5.74, 6) is -0.146. The molecule has 10 heteroatoms. The third kappa shape index (κ3) is 8.31. The van der Waals surface area contributed by atoms with Crippen LogP contribution in [0.1, 0.15) is 40.7 Å². The highest BCUT2D eigenvalue weighted by Crippen LogP contribution is 2.45. The number of aliphatic carboxylic acids is 1. The zero-order valence-electron chi connectivity index (χ0n) is 26.4. The van der Waals surface area contributed by atoms with Gasteiger partial charge in [-0.25, -0.2) is 8.78 Å². The predicted molar refractivity (Wildman–Crippen MR) is 174 cm³/mol. The number of carboxylic acid groups (broad SMARTS) is 1. The first kappa shape index (κ1) is 34.2. The molecule has 5 rings (SSSR count). The first-order chi connectivity index (χ1) is 22.2. The summed E-state index contributed by atoms with van der Waals surface area (Å²) in [6.45, 7) is 3.44. The van der Waals surface area contributed by atoms with E-state index in [4.69, 9.17) is 25.1 Å². The number of aryl methyl sites for hydroxylation is 2. The van der Waals surface area contributed by atoms with Gasteiger partial charge >= 0.3 is 5.97 Å². The van der Waals surface area contributed by atoms with E-state index in [1.807, 2.05) is 48.5 Å². The molecule has 0 saturated carbocycles. The summed E-state index contributed by atoms with van der Waals surface area (Å²) < 4.78 is 43.3. The van der Waals surface area contributed by atoms with Crippen LogP contribution < -0.4 is 19.9 Å². The summed E-state index contributed by atoms with van der Waals surface area (Å²) in [6.07, 6.45) is 2.28. The Labute approximate surface area is 267 Å². The lowest BCUT2D eigenvalue weighted by molar-refractivity contribution is -0.136. The van der Waals surface area contributed by atoms with E-state index in [1.165, 1.54) is 12.1 Å². The van der Waals surface area contributed by atoms with E-state index in [2.05, 4.69) is 4.90 Å². The van der Waals surface area contributed by atoms with Crippen LogP contribution in [0.5, 0.6) is 17.2 Å². The van der Waals surface area contributed by atoms with Crippen LogP contribution >= 0.6 is 0 Å². The Morgan fingerprint density at radius 1 is 0.957 bits per heavy atom. The number of amides is 1. The number of alkyl halides is 1. The van der Waals surface area contributed by atoms with Gasteiger partial charge in [0.05, 0.1) is 25.3 Å². The summed E-state index contributed by atoms with van der Waals surface area (Å²) in [7, 11) is 3.25. The average molecular weight is 635 g/mol. The number of primary amides is 1. The predicted octanol–water partition coefficient (Wildman–Crippen LogP) is 6.59. The zero-order valence-corrected chi connectivity index (χ0v) is 26.4. The lowest BCUT2D eigenvalue weighted by atomic mass is 9.93. The summed E-state index contributed by atoms with van der Waals surface area (Å²) in [4.78, 5) is 23.9. The van der Waals surface area contributed by atoms with Crippen LogP contribution in [-0.4, -0.2) is 68.5 Å². The smallest absolute Gasteiger partial charge is 0.303 e. The summed E-state index contributed by atoms with van der Waals surface area (Å²) >= 11 is 0. The second-order valence-electron chi connectivity index (χ2n) is 11.1. The lowest BCUT2D eigenvalue weighted by Crippen LogP contribution is -2.39. The number of likely N-dealkylation sites (tertiary alicyclic amines) is 1. The van der Waals surface area contributed by atoms with E-state index in [0.29, 0.717) is 35.8 Å². The van der Waals surface area contributed by atoms with Gasteiger partial charge in [-0.2, -0.15) is 0 Å². The maximum absolute atomic E-state index is 12.8. The molecule has 1 fully saturated rings. The average Bonchev–Trinajstić information content (AvgIpc) is 3.04. The van der Waals surface area contributed by atoms with Gasteiger partial charge in [0.2, 0.25) is 0 Å². The number of rotatable bonds is 11. The van der Waals surface area contributed by atoms with Gasteiger partial charge in [-0.05, 0) is 59.7 Å². The van der Waals surface area contributed by atoms with Crippen molar-refractivity contribution in [3.63, 3.8) is 0 Å². The number of ether oxygens (including phenoxy) is 3. The van der Waals surface area contributed by atoms with Crippen LogP contribution in [0.2, 0.25) is 0 Å². The van der Waals surface area contributed by atoms with E-state index in [-0.39, 0.29) is 24.8 Å². The Balaban J connectivity index is 0.000000369. The third-order valence-corrected chi connectivity index (χ3v) is 8.08. The van der Waals surface area contributed by atoms with E-state index in [9.17, 15) is 18.4 Å². The number of nitrogens with two attached hydrogens (primary N) is 1. The highest BCUT2D eigenvalue weighted by Gasteiger charge is 2.23. The van der Waals surface area contributed by atoms with Gasteiger partial charge in [0.15, 0.2) is 0 Å². The second-order valence-corrected chi connectivity index (χ2v) is 11.1. The monoisotopic (exact) mass is 634 g/mol. The fourth-order valence-electron chi connectivity index (χ4n) is 5.78. The Hall–Kier alpha value is -4.70. The maximum atomic E-state index is 12.8.